The molecule has 0 fully saturated rings. The standard InChI is InChI=1S/C13H11ClF3N3O3.C2H6.CH4O/c14-9-3-1-8(2-4-9)11-18-20(5-6-21)12(23)19(11)7-10(22)13(15,16)17;2*1-2/h1-4,6,10,22H,5,7H2;1-2H3;2H,1H3. The number of aldehydes is 1. The highest BCUT2D eigenvalue weighted by molar-refractivity contribution is 6.30. The van der Waals surface area contributed by atoms with Crippen LogP contribution in [0, 0.1) is 0 Å². The first kappa shape index (κ1) is 24.8. The van der Waals surface area contributed by atoms with Gasteiger partial charge in [0.15, 0.2) is 11.9 Å². The molecule has 0 saturated heterocycles. The van der Waals surface area contributed by atoms with Crippen LogP contribution >= 0.6 is 11.6 Å². The summed E-state index contributed by atoms with van der Waals surface area (Å²) in [4.78, 5) is 22.6. The van der Waals surface area contributed by atoms with Gasteiger partial charge in [-0.2, -0.15) is 13.2 Å². The summed E-state index contributed by atoms with van der Waals surface area (Å²) in [5, 5.41) is 20.4. The van der Waals surface area contributed by atoms with E-state index in [2.05, 4.69) is 5.10 Å². The smallest absolute Gasteiger partial charge is 0.400 e. The number of hydrogen-bond acceptors (Lipinski definition) is 5. The van der Waals surface area contributed by atoms with Crippen LogP contribution < -0.4 is 5.69 Å². The van der Waals surface area contributed by atoms with Crippen LogP contribution in [-0.2, 0) is 17.9 Å². The van der Waals surface area contributed by atoms with Gasteiger partial charge < -0.3 is 15.0 Å². The van der Waals surface area contributed by atoms with Gasteiger partial charge >= 0.3 is 11.9 Å². The molecule has 1 heterocycles. The number of aliphatic hydroxyl groups is 2. The molecule has 0 bridgehead atoms. The molecule has 0 aliphatic rings. The lowest BCUT2D eigenvalue weighted by Gasteiger charge is -2.15. The first-order valence-electron chi connectivity index (χ1n) is 7.80. The van der Waals surface area contributed by atoms with Crippen LogP contribution in [0.15, 0.2) is 29.1 Å². The van der Waals surface area contributed by atoms with Gasteiger partial charge in [-0.1, -0.05) is 25.4 Å². The van der Waals surface area contributed by atoms with Crippen LogP contribution in [-0.4, -0.2) is 50.2 Å². The Morgan fingerprint density at radius 3 is 2.19 bits per heavy atom. The first-order chi connectivity index (χ1) is 12.7. The zero-order valence-electron chi connectivity index (χ0n) is 14.9. The maximum absolute atomic E-state index is 12.5. The molecule has 0 aliphatic carbocycles. The molecule has 0 amide bonds. The van der Waals surface area contributed by atoms with E-state index in [0.717, 1.165) is 11.8 Å². The van der Waals surface area contributed by atoms with Gasteiger partial charge in [0.05, 0.1) is 6.54 Å². The average molecular weight is 412 g/mol. The Morgan fingerprint density at radius 1 is 1.22 bits per heavy atom. The number of hydrogen-bond donors (Lipinski definition) is 2. The molecule has 27 heavy (non-hydrogen) atoms. The Labute approximate surface area is 158 Å². The number of carbonyl (C=O) groups excluding carboxylic acids is 1. The zero-order valence-corrected chi connectivity index (χ0v) is 15.7. The fraction of sp³-hybridized carbons (Fsp3) is 0.438. The molecule has 11 heteroatoms. The SMILES string of the molecule is CC.CO.O=CCn1nc(-c2ccc(Cl)cc2)n(CC(O)C(F)(F)F)c1=O. The first-order valence-corrected chi connectivity index (χ1v) is 8.18. The van der Waals surface area contributed by atoms with Crippen LogP contribution in [0.25, 0.3) is 11.4 Å². The van der Waals surface area contributed by atoms with Gasteiger partial charge in [-0.25, -0.2) is 9.48 Å². The minimum atomic E-state index is -4.89. The predicted molar refractivity (Wildman–Crippen MR) is 94.5 cm³/mol. The largest absolute Gasteiger partial charge is 0.416 e. The molecule has 0 radical (unpaired) electrons. The predicted octanol–water partition coefficient (Wildman–Crippen LogP) is 2.12. The maximum atomic E-state index is 12.5. The molecule has 2 aromatic rings. The van der Waals surface area contributed by atoms with Gasteiger partial charge in [-0.3, -0.25) is 4.57 Å². The second kappa shape index (κ2) is 11.5. The fourth-order valence-corrected chi connectivity index (χ4v) is 2.01. The number of carbonyl (C=O) groups is 1. The fourth-order valence-electron chi connectivity index (χ4n) is 1.88. The molecule has 0 spiro atoms. The number of aromatic nitrogens is 3. The second-order valence-corrected chi connectivity index (χ2v) is 5.07. The van der Waals surface area contributed by atoms with Gasteiger partial charge in [-0.15, -0.1) is 5.10 Å². The topological polar surface area (TPSA) is 97.3 Å². The molecular weight excluding hydrogens is 391 g/mol. The van der Waals surface area contributed by atoms with Crippen molar-refractivity contribution in [2.75, 3.05) is 7.11 Å². The molecule has 1 aromatic carbocycles. The summed E-state index contributed by atoms with van der Waals surface area (Å²) in [5.74, 6) is -0.100. The number of aliphatic hydroxyl groups excluding tert-OH is 2. The van der Waals surface area contributed by atoms with Crippen molar-refractivity contribution in [2.24, 2.45) is 0 Å². The van der Waals surface area contributed by atoms with Gasteiger partial charge in [0.2, 0.25) is 0 Å². The third-order valence-electron chi connectivity index (χ3n) is 3.01. The van der Waals surface area contributed by atoms with Crippen molar-refractivity contribution in [2.45, 2.75) is 39.2 Å². The molecule has 7 nitrogen and oxygen atoms in total. The Bertz CT molecular complexity index is 758. The molecule has 2 rings (SSSR count). The van der Waals surface area contributed by atoms with Crippen LogP contribution in [0.5, 0.6) is 0 Å². The highest BCUT2D eigenvalue weighted by atomic mass is 35.5. The van der Waals surface area contributed by atoms with Gasteiger partial charge in [-0.05, 0) is 24.3 Å². The maximum Gasteiger partial charge on any atom is 0.416 e. The quantitative estimate of drug-likeness (QED) is 0.734. The van der Waals surface area contributed by atoms with E-state index < -0.39 is 31.1 Å². The third-order valence-corrected chi connectivity index (χ3v) is 3.26. The molecular formula is C16H21ClF3N3O4. The minimum Gasteiger partial charge on any atom is -0.400 e. The van der Waals surface area contributed by atoms with E-state index in [-0.39, 0.29) is 5.82 Å². The molecule has 1 atom stereocenters. The van der Waals surface area contributed by atoms with E-state index in [1.807, 2.05) is 13.8 Å². The monoisotopic (exact) mass is 411 g/mol. The molecule has 1 unspecified atom stereocenters. The summed E-state index contributed by atoms with van der Waals surface area (Å²) in [6, 6.07) is 5.88. The Balaban J connectivity index is 0.00000158. The average Bonchev–Trinajstić information content (AvgIpc) is 2.95. The summed E-state index contributed by atoms with van der Waals surface area (Å²) in [6.07, 6.45) is -7.23. The number of benzene rings is 1. The highest BCUT2D eigenvalue weighted by Crippen LogP contribution is 2.23. The van der Waals surface area contributed by atoms with Crippen LogP contribution in [0.2, 0.25) is 5.02 Å². The van der Waals surface area contributed by atoms with E-state index in [1.165, 1.54) is 24.3 Å². The van der Waals surface area contributed by atoms with Crippen LogP contribution in [0.4, 0.5) is 13.2 Å². The second-order valence-electron chi connectivity index (χ2n) is 4.63. The number of nitrogens with zero attached hydrogens (tertiary/aromatic N) is 3. The Hall–Kier alpha value is -2.17. The summed E-state index contributed by atoms with van der Waals surface area (Å²) in [6.45, 7) is 2.56. The molecule has 152 valence electrons. The molecule has 0 aliphatic heterocycles. The normalized spacial score (nSPS) is 11.6. The molecule has 1 aromatic heterocycles. The van der Waals surface area contributed by atoms with Crippen molar-refractivity contribution in [3.05, 3.63) is 39.8 Å². The number of halogens is 4. The van der Waals surface area contributed by atoms with E-state index in [0.29, 0.717) is 21.4 Å². The lowest BCUT2D eigenvalue weighted by Crippen LogP contribution is -2.37. The third kappa shape index (κ3) is 6.81. The Kier molecular flexibility index (Phi) is 10.6. The van der Waals surface area contributed by atoms with Crippen molar-refractivity contribution in [1.82, 2.24) is 14.3 Å². The Morgan fingerprint density at radius 2 is 1.74 bits per heavy atom. The van der Waals surface area contributed by atoms with Crippen molar-refractivity contribution in [3.8, 4) is 11.4 Å². The number of alkyl halides is 3. The summed E-state index contributed by atoms with van der Waals surface area (Å²) >= 11 is 5.74. The van der Waals surface area contributed by atoms with Crippen molar-refractivity contribution >= 4 is 17.9 Å². The van der Waals surface area contributed by atoms with Crippen molar-refractivity contribution in [1.29, 1.82) is 0 Å². The lowest BCUT2D eigenvalue weighted by atomic mass is 10.2. The van der Waals surface area contributed by atoms with Gasteiger partial charge in [0.1, 0.15) is 12.8 Å². The molecule has 0 saturated carbocycles. The number of rotatable bonds is 5. The zero-order chi connectivity index (χ0) is 21.2. The highest BCUT2D eigenvalue weighted by Gasteiger charge is 2.39. The van der Waals surface area contributed by atoms with Crippen LogP contribution in [0.3, 0.4) is 0 Å². The summed E-state index contributed by atoms with van der Waals surface area (Å²) in [5.41, 5.74) is -0.601. The van der Waals surface area contributed by atoms with E-state index in [9.17, 15) is 27.9 Å². The summed E-state index contributed by atoms with van der Waals surface area (Å²) in [7, 11) is 1.00. The lowest BCUT2D eigenvalue weighted by molar-refractivity contribution is -0.207. The van der Waals surface area contributed by atoms with Crippen LogP contribution in [0.1, 0.15) is 13.8 Å². The van der Waals surface area contributed by atoms with E-state index in [1.54, 1.807) is 0 Å². The minimum absolute atomic E-state index is 0.100. The van der Waals surface area contributed by atoms with Crippen molar-refractivity contribution < 1.29 is 28.2 Å². The van der Waals surface area contributed by atoms with Crippen molar-refractivity contribution in [3.63, 3.8) is 0 Å². The van der Waals surface area contributed by atoms with Gasteiger partial charge in [0, 0.05) is 17.7 Å². The van der Waals surface area contributed by atoms with Gasteiger partial charge in [0.25, 0.3) is 0 Å². The molecule has 2 N–H and O–H groups in total. The van der Waals surface area contributed by atoms with E-state index >= 15 is 0 Å². The summed E-state index contributed by atoms with van der Waals surface area (Å²) < 4.78 is 39.0. The van der Waals surface area contributed by atoms with E-state index in [4.69, 9.17) is 16.7 Å².